The topological polar surface area (TPSA) is 27.7 Å². The first-order valence-electron chi connectivity index (χ1n) is 1.22. The number of hydrogen-bond donors (Lipinski definition) is 0. The van der Waals surface area contributed by atoms with Gasteiger partial charge in [-0.3, -0.25) is 0 Å². The molecule has 6 heteroatoms. The van der Waals surface area contributed by atoms with Gasteiger partial charge in [-0.25, -0.2) is 0 Å². The molecule has 1 fully saturated rings. The predicted molar refractivity (Wildman–Crippen MR) is 20.5 cm³/mol. The summed E-state index contributed by atoms with van der Waals surface area (Å²) in [7, 11) is 0.604. The van der Waals surface area contributed by atoms with Gasteiger partial charge in [-0.1, -0.05) is 0 Å². The Balaban J connectivity index is 2.00. The Bertz CT molecular complexity index is 21.5. The van der Waals surface area contributed by atoms with Crippen LogP contribution in [0.3, 0.4) is 0 Å². The van der Waals surface area contributed by atoms with Crippen molar-refractivity contribution in [3.05, 3.63) is 0 Å². The highest BCUT2D eigenvalue weighted by Gasteiger charge is 2.05. The van der Waals surface area contributed by atoms with Gasteiger partial charge in [0, 0.05) is 0 Å². The van der Waals surface area contributed by atoms with Crippen molar-refractivity contribution in [2.24, 2.45) is 0 Å². The summed E-state index contributed by atoms with van der Waals surface area (Å²) in [4.78, 5) is 0. The molecule has 0 bridgehead atoms. The van der Waals surface area contributed by atoms with Crippen LogP contribution in [0.25, 0.3) is 0 Å². The van der Waals surface area contributed by atoms with Crippen LogP contribution in [0.2, 0.25) is 0 Å². The van der Waals surface area contributed by atoms with Crippen LogP contribution in [0.1, 0.15) is 0 Å². The molecule has 0 aromatic heterocycles. The zero-order valence-corrected chi connectivity index (χ0v) is 5.72. The molecule has 0 saturated carbocycles. The van der Waals surface area contributed by atoms with Crippen LogP contribution in [0.5, 0.6) is 0 Å². The van der Waals surface area contributed by atoms with Gasteiger partial charge in [0.2, 0.25) is 0 Å². The van der Waals surface area contributed by atoms with Crippen molar-refractivity contribution < 1.29 is 12.3 Å². The lowest BCUT2D eigenvalue weighted by atomic mass is 15.7. The molecule has 30 valence electrons. The maximum absolute atomic E-state index is 4.69. The van der Waals surface area contributed by atoms with Gasteiger partial charge in [0.15, 0.2) is 0 Å². The van der Waals surface area contributed by atoms with E-state index in [-0.39, 0.29) is 30.0 Å². The minimum Gasteiger partial charge on any atom is -0.412 e. The average molecular weight is 132 g/mol. The van der Waals surface area contributed by atoms with E-state index < -0.39 is 0 Å². The monoisotopic (exact) mass is 132 g/mol. The third-order valence-corrected chi connectivity index (χ3v) is 2.25. The van der Waals surface area contributed by atoms with Gasteiger partial charge in [-0.15, -0.1) is 0 Å². The molecule has 6 heavy (non-hydrogen) atoms. The lowest BCUT2D eigenvalue weighted by molar-refractivity contribution is 0.347. The Morgan fingerprint density at radius 1 is 0.667 bits per heavy atom. The highest BCUT2D eigenvalue weighted by Crippen LogP contribution is 1.78. The summed E-state index contributed by atoms with van der Waals surface area (Å²) in [6.07, 6.45) is 0. The Labute approximate surface area is 43.2 Å². The van der Waals surface area contributed by atoms with Crippen LogP contribution in [-0.2, 0) is 12.3 Å². The summed E-state index contributed by atoms with van der Waals surface area (Å²) in [6, 6.07) is 0. The fourth-order valence-electron chi connectivity index (χ4n) is 0.114. The van der Waals surface area contributed by atoms with E-state index in [9.17, 15) is 0 Å². The van der Waals surface area contributed by atoms with Crippen molar-refractivity contribution in [2.75, 3.05) is 0 Å². The fourth-order valence-corrected chi connectivity index (χ4v) is 2.15. The van der Waals surface area contributed by atoms with Gasteiger partial charge >= 0.3 is 30.0 Å². The average Bonchev–Trinajstić information content (AvgIpc) is 1.72. The maximum atomic E-state index is 4.69. The summed E-state index contributed by atoms with van der Waals surface area (Å²) >= 11 is 0. The molecule has 0 N–H and O–H groups in total. The Morgan fingerprint density at radius 2 is 1.00 bits per heavy atom. The summed E-state index contributed by atoms with van der Waals surface area (Å²) in [5.41, 5.74) is 0. The largest absolute Gasteiger partial charge is 0.412 e. The van der Waals surface area contributed by atoms with Gasteiger partial charge in [0.25, 0.3) is 0 Å². The van der Waals surface area contributed by atoms with Crippen molar-refractivity contribution in [3.8, 4) is 0 Å². The smallest absolute Gasteiger partial charge is 0.412 e. The Kier molecular flexibility index (Phi) is 2.08. The summed E-state index contributed by atoms with van der Waals surface area (Å²) in [5, 5.41) is 0. The van der Waals surface area contributed by atoms with Gasteiger partial charge < -0.3 is 12.3 Å². The van der Waals surface area contributed by atoms with E-state index >= 15 is 0 Å². The third kappa shape index (κ3) is 1.32. The molecular formula is O3Si3. The van der Waals surface area contributed by atoms with Crippen LogP contribution in [-0.4, -0.2) is 30.0 Å². The number of hydrogen-bond acceptors (Lipinski definition) is 3. The van der Waals surface area contributed by atoms with E-state index in [0.29, 0.717) is 0 Å². The predicted octanol–water partition coefficient (Wildman–Crippen LogP) is -1.35. The minimum absolute atomic E-state index is 0.201. The molecule has 0 spiro atoms. The zero-order chi connectivity index (χ0) is 4.24. The summed E-state index contributed by atoms with van der Waals surface area (Å²) in [5.74, 6) is 0. The highest BCUT2D eigenvalue weighted by molar-refractivity contribution is 6.50. The zero-order valence-electron chi connectivity index (χ0n) is 2.72. The molecule has 0 unspecified atom stereocenters. The lowest BCUT2D eigenvalue weighted by Gasteiger charge is -2.04. The van der Waals surface area contributed by atoms with Gasteiger partial charge in [0.05, 0.1) is 0 Å². The first-order chi connectivity index (χ1) is 3.00. The molecule has 3 nitrogen and oxygen atoms in total. The van der Waals surface area contributed by atoms with Crippen LogP contribution in [0.15, 0.2) is 0 Å². The third-order valence-electron chi connectivity index (χ3n) is 0.250. The van der Waals surface area contributed by atoms with Gasteiger partial charge in [0.1, 0.15) is 0 Å². The molecule has 0 aromatic rings. The molecule has 0 amide bonds. The van der Waals surface area contributed by atoms with Gasteiger partial charge in [-0.2, -0.15) is 0 Å². The molecule has 0 atom stereocenters. The minimum atomic E-state index is 0.201. The molecule has 1 rings (SSSR count). The SMILES string of the molecule is O1[Si]O[Si]O[Si]1. The second-order valence-electron chi connectivity index (χ2n) is 0.556. The Morgan fingerprint density at radius 3 is 1.17 bits per heavy atom. The molecule has 6 radical (unpaired) electrons. The Hall–Kier alpha value is 0.531. The first kappa shape index (κ1) is 4.68. The quantitative estimate of drug-likeness (QED) is 0.382. The normalized spacial score (nSPS) is 24.0. The standard InChI is InChI=1S/O3Si3/c1-4-2-6-3-5-1. The van der Waals surface area contributed by atoms with E-state index in [2.05, 4.69) is 12.3 Å². The van der Waals surface area contributed by atoms with E-state index in [1.807, 2.05) is 0 Å². The van der Waals surface area contributed by atoms with E-state index in [4.69, 9.17) is 0 Å². The molecular weight excluding hydrogens is 132 g/mol. The van der Waals surface area contributed by atoms with E-state index in [1.54, 1.807) is 0 Å². The molecule has 0 aromatic carbocycles. The van der Waals surface area contributed by atoms with Crippen LogP contribution < -0.4 is 0 Å². The fraction of sp³-hybridized carbons (Fsp3) is 0. The van der Waals surface area contributed by atoms with Crippen LogP contribution >= 0.6 is 0 Å². The number of rotatable bonds is 0. The maximum Gasteiger partial charge on any atom is 0.412 e. The van der Waals surface area contributed by atoms with Gasteiger partial charge in [-0.05, 0) is 0 Å². The second kappa shape index (κ2) is 2.66. The molecule has 0 aliphatic carbocycles. The first-order valence-corrected chi connectivity index (χ1v) is 3.67. The summed E-state index contributed by atoms with van der Waals surface area (Å²) < 4.78 is 14.1. The second-order valence-corrected chi connectivity index (χ2v) is 3.51. The van der Waals surface area contributed by atoms with Crippen LogP contribution in [0.4, 0.5) is 0 Å². The highest BCUT2D eigenvalue weighted by atomic mass is 28.4. The van der Waals surface area contributed by atoms with Crippen LogP contribution in [0, 0.1) is 0 Å². The van der Waals surface area contributed by atoms with Crippen molar-refractivity contribution in [1.82, 2.24) is 0 Å². The molecule has 1 aliphatic heterocycles. The van der Waals surface area contributed by atoms with Crippen molar-refractivity contribution >= 4 is 30.0 Å². The van der Waals surface area contributed by atoms with Crippen molar-refractivity contribution in [2.45, 2.75) is 0 Å². The van der Waals surface area contributed by atoms with E-state index in [0.717, 1.165) is 0 Å². The molecule has 1 heterocycles. The molecule has 1 aliphatic rings. The lowest BCUT2D eigenvalue weighted by Crippen LogP contribution is -2.23. The van der Waals surface area contributed by atoms with Crippen molar-refractivity contribution in [1.29, 1.82) is 0 Å². The van der Waals surface area contributed by atoms with Crippen molar-refractivity contribution in [3.63, 3.8) is 0 Å². The summed E-state index contributed by atoms with van der Waals surface area (Å²) in [6.45, 7) is 0. The van der Waals surface area contributed by atoms with E-state index in [1.165, 1.54) is 0 Å². The molecule has 1 saturated heterocycles.